The molecule has 1 heterocycles. The number of hydrogen-bond acceptors (Lipinski definition) is 5. The molecule has 0 saturated heterocycles. The van der Waals surface area contributed by atoms with Gasteiger partial charge in [0.15, 0.2) is 0 Å². The van der Waals surface area contributed by atoms with E-state index in [1.54, 1.807) is 6.20 Å². The Morgan fingerprint density at radius 2 is 2.22 bits per heavy atom. The number of halogens is 1. The molecule has 0 radical (unpaired) electrons. The van der Waals surface area contributed by atoms with E-state index < -0.39 is 11.7 Å². The molecule has 1 aliphatic rings. The van der Waals surface area contributed by atoms with Crippen LogP contribution in [0.25, 0.3) is 0 Å². The first-order valence-corrected chi connectivity index (χ1v) is 8.40. The first-order chi connectivity index (χ1) is 10.7. The molecule has 4 N–H and O–H groups in total. The number of nitrogens with one attached hydrogen (secondary N) is 2. The zero-order valence-corrected chi connectivity index (χ0v) is 15.2. The van der Waals surface area contributed by atoms with Gasteiger partial charge >= 0.3 is 6.09 Å². The normalized spacial score (nSPS) is 18.5. The van der Waals surface area contributed by atoms with E-state index >= 15 is 0 Å². The van der Waals surface area contributed by atoms with Gasteiger partial charge in [-0.3, -0.25) is 0 Å². The molecule has 1 aliphatic carbocycles. The van der Waals surface area contributed by atoms with Gasteiger partial charge in [0.1, 0.15) is 11.4 Å². The average molecular weight is 383 g/mol. The molecule has 0 fully saturated rings. The van der Waals surface area contributed by atoms with Crippen molar-refractivity contribution in [1.82, 2.24) is 10.3 Å². The monoisotopic (exact) mass is 382 g/mol. The van der Waals surface area contributed by atoms with E-state index in [9.17, 15) is 4.79 Å². The number of pyridine rings is 1. The molecule has 23 heavy (non-hydrogen) atoms. The fourth-order valence-corrected chi connectivity index (χ4v) is 2.69. The van der Waals surface area contributed by atoms with Crippen molar-refractivity contribution in [3.05, 3.63) is 34.2 Å². The number of nitrogens with zero attached hydrogens (tertiary/aromatic N) is 1. The molecule has 6 nitrogen and oxygen atoms in total. The van der Waals surface area contributed by atoms with E-state index in [4.69, 9.17) is 10.5 Å². The van der Waals surface area contributed by atoms with Gasteiger partial charge in [-0.05, 0) is 52.2 Å². The van der Waals surface area contributed by atoms with E-state index in [0.29, 0.717) is 5.70 Å². The Hall–Kier alpha value is -1.76. The topological polar surface area (TPSA) is 89.3 Å². The van der Waals surface area contributed by atoms with Crippen LogP contribution in [0.5, 0.6) is 0 Å². The first kappa shape index (κ1) is 17.6. The minimum absolute atomic E-state index is 0.228. The fraction of sp³-hybridized carbons (Fsp3) is 0.500. The fourth-order valence-electron chi connectivity index (χ4n) is 2.36. The second-order valence-electron chi connectivity index (χ2n) is 6.51. The van der Waals surface area contributed by atoms with Gasteiger partial charge < -0.3 is 21.1 Å². The summed E-state index contributed by atoms with van der Waals surface area (Å²) in [5, 5.41) is 6.08. The van der Waals surface area contributed by atoms with Crippen molar-refractivity contribution >= 4 is 27.8 Å². The van der Waals surface area contributed by atoms with Crippen LogP contribution in [0.15, 0.2) is 34.2 Å². The molecule has 1 aromatic heterocycles. The lowest BCUT2D eigenvalue weighted by Gasteiger charge is -2.28. The number of aromatic nitrogens is 1. The third-order valence-corrected chi connectivity index (χ3v) is 3.83. The largest absolute Gasteiger partial charge is 0.444 e. The summed E-state index contributed by atoms with van der Waals surface area (Å²) in [6, 6.07) is 3.51. The second-order valence-corrected chi connectivity index (χ2v) is 7.42. The molecule has 0 spiro atoms. The lowest BCUT2D eigenvalue weighted by Crippen LogP contribution is -2.44. The standard InChI is InChI=1S/C16H23BrN4O2/c1-16(2,3)23-15(22)21-12-6-4-5-11(14(12)18)20-13-9-10(17)7-8-19-13/h7-9,12H,4-6,18H2,1-3H3,(H,19,20)(H,21,22). The highest BCUT2D eigenvalue weighted by molar-refractivity contribution is 9.10. The van der Waals surface area contributed by atoms with Crippen molar-refractivity contribution in [2.45, 2.75) is 51.7 Å². The smallest absolute Gasteiger partial charge is 0.408 e. The van der Waals surface area contributed by atoms with Crippen LogP contribution in [0.2, 0.25) is 0 Å². The highest BCUT2D eigenvalue weighted by atomic mass is 79.9. The van der Waals surface area contributed by atoms with E-state index in [1.807, 2.05) is 32.9 Å². The maximum Gasteiger partial charge on any atom is 0.408 e. The predicted octanol–water partition coefficient (Wildman–Crippen LogP) is 3.50. The highest BCUT2D eigenvalue weighted by Gasteiger charge is 2.25. The Morgan fingerprint density at radius 3 is 2.87 bits per heavy atom. The van der Waals surface area contributed by atoms with Crippen molar-refractivity contribution in [3.63, 3.8) is 0 Å². The van der Waals surface area contributed by atoms with Crippen molar-refractivity contribution in [3.8, 4) is 0 Å². The summed E-state index contributed by atoms with van der Waals surface area (Å²) >= 11 is 3.41. The second kappa shape index (κ2) is 7.21. The molecular weight excluding hydrogens is 360 g/mol. The molecule has 1 amide bonds. The SMILES string of the molecule is CC(C)(C)OC(=O)NC1CCCC(Nc2cc(Br)ccn2)=C1N. The minimum Gasteiger partial charge on any atom is -0.444 e. The molecule has 1 unspecified atom stereocenters. The van der Waals surface area contributed by atoms with Gasteiger partial charge in [-0.1, -0.05) is 15.9 Å². The molecule has 2 rings (SSSR count). The van der Waals surface area contributed by atoms with Crippen LogP contribution in [-0.2, 0) is 4.74 Å². The summed E-state index contributed by atoms with van der Waals surface area (Å²) in [6.07, 6.45) is 3.81. The van der Waals surface area contributed by atoms with Crippen molar-refractivity contribution in [2.75, 3.05) is 5.32 Å². The van der Waals surface area contributed by atoms with E-state index in [0.717, 1.165) is 35.3 Å². The Kier molecular flexibility index (Phi) is 5.51. The zero-order valence-electron chi connectivity index (χ0n) is 13.6. The van der Waals surface area contributed by atoms with Crippen molar-refractivity contribution in [2.24, 2.45) is 5.73 Å². The molecule has 0 bridgehead atoms. The number of amides is 1. The van der Waals surface area contributed by atoms with Gasteiger partial charge in [-0.15, -0.1) is 0 Å². The number of ether oxygens (including phenoxy) is 1. The number of rotatable bonds is 3. The molecule has 0 aliphatic heterocycles. The maximum atomic E-state index is 11.9. The van der Waals surface area contributed by atoms with Gasteiger partial charge in [-0.2, -0.15) is 0 Å². The van der Waals surface area contributed by atoms with Crippen molar-refractivity contribution < 1.29 is 9.53 Å². The summed E-state index contributed by atoms with van der Waals surface area (Å²) in [5.41, 5.74) is 7.22. The van der Waals surface area contributed by atoms with Gasteiger partial charge in [0, 0.05) is 16.4 Å². The lowest BCUT2D eigenvalue weighted by atomic mass is 9.96. The zero-order chi connectivity index (χ0) is 17.0. The number of anilines is 1. The Bertz CT molecular complexity index is 610. The highest BCUT2D eigenvalue weighted by Crippen LogP contribution is 2.24. The Morgan fingerprint density at radius 1 is 1.48 bits per heavy atom. The van der Waals surface area contributed by atoms with Crippen molar-refractivity contribution in [1.29, 1.82) is 0 Å². The molecule has 7 heteroatoms. The Labute approximate surface area is 145 Å². The lowest BCUT2D eigenvalue weighted by molar-refractivity contribution is 0.0508. The predicted molar refractivity (Wildman–Crippen MR) is 93.8 cm³/mol. The third-order valence-electron chi connectivity index (χ3n) is 3.34. The van der Waals surface area contributed by atoms with Gasteiger partial charge in [-0.25, -0.2) is 9.78 Å². The number of alkyl carbamates (subject to hydrolysis) is 1. The number of allylic oxidation sites excluding steroid dienone is 1. The van der Waals surface area contributed by atoms with Crippen LogP contribution in [0.3, 0.4) is 0 Å². The summed E-state index contributed by atoms with van der Waals surface area (Å²) in [4.78, 5) is 16.2. The molecule has 0 aromatic carbocycles. The molecule has 1 aromatic rings. The summed E-state index contributed by atoms with van der Waals surface area (Å²) in [5.74, 6) is 0.718. The number of carbonyl (C=O) groups excluding carboxylic acids is 1. The minimum atomic E-state index is -0.529. The molecule has 0 saturated carbocycles. The van der Waals surface area contributed by atoms with Crippen LogP contribution in [0.1, 0.15) is 40.0 Å². The quantitative estimate of drug-likeness (QED) is 0.744. The van der Waals surface area contributed by atoms with Crippen LogP contribution in [0.4, 0.5) is 10.6 Å². The number of carbonyl (C=O) groups is 1. The summed E-state index contributed by atoms with van der Waals surface area (Å²) in [7, 11) is 0. The van der Waals surface area contributed by atoms with Gasteiger partial charge in [0.2, 0.25) is 0 Å². The molecular formula is C16H23BrN4O2. The van der Waals surface area contributed by atoms with Crippen LogP contribution in [0, 0.1) is 0 Å². The molecule has 1 atom stereocenters. The van der Waals surface area contributed by atoms with Gasteiger partial charge in [0.05, 0.1) is 11.7 Å². The van der Waals surface area contributed by atoms with Crippen LogP contribution < -0.4 is 16.4 Å². The summed E-state index contributed by atoms with van der Waals surface area (Å²) < 4.78 is 6.23. The first-order valence-electron chi connectivity index (χ1n) is 7.61. The van der Waals surface area contributed by atoms with E-state index in [2.05, 4.69) is 31.5 Å². The Balaban J connectivity index is 2.06. The van der Waals surface area contributed by atoms with E-state index in [-0.39, 0.29) is 6.04 Å². The summed E-state index contributed by atoms with van der Waals surface area (Å²) in [6.45, 7) is 5.50. The van der Waals surface area contributed by atoms with E-state index in [1.165, 1.54) is 0 Å². The average Bonchev–Trinajstić information content (AvgIpc) is 2.41. The van der Waals surface area contributed by atoms with Gasteiger partial charge in [0.25, 0.3) is 0 Å². The number of hydrogen-bond donors (Lipinski definition) is 3. The third kappa shape index (κ3) is 5.42. The van der Waals surface area contributed by atoms with Crippen LogP contribution >= 0.6 is 15.9 Å². The van der Waals surface area contributed by atoms with Crippen LogP contribution in [-0.4, -0.2) is 22.7 Å². The molecule has 126 valence electrons. The maximum absolute atomic E-state index is 11.9. The number of nitrogens with two attached hydrogens (primary N) is 1.